The van der Waals surface area contributed by atoms with E-state index in [-0.39, 0.29) is 16.4 Å². The monoisotopic (exact) mass is 278 g/mol. The van der Waals surface area contributed by atoms with Gasteiger partial charge in [-0.25, -0.2) is 0 Å². The first-order valence-corrected chi connectivity index (χ1v) is 6.18. The van der Waals surface area contributed by atoms with Crippen LogP contribution >= 0.6 is 0 Å². The third kappa shape index (κ3) is 2.29. The average Bonchev–Trinajstić information content (AvgIpc) is 2.39. The molecule has 0 aliphatic heterocycles. The van der Waals surface area contributed by atoms with Crippen LogP contribution in [0.15, 0.2) is 27.4 Å². The molecule has 0 unspecified atom stereocenters. The minimum atomic E-state index is -0.744. The van der Waals surface area contributed by atoms with E-state index in [1.165, 1.54) is 6.07 Å². The number of nitro benzene ring substituents is 1. The fraction of sp³-hybridized carbons (Fsp3) is 0.308. The number of aromatic hydroxyl groups is 1. The fourth-order valence-corrected chi connectivity index (χ4v) is 2.00. The minimum Gasteiger partial charge on any atom is -0.502 e. The van der Waals surface area contributed by atoms with Gasteiger partial charge in [0.15, 0.2) is 17.1 Å². The summed E-state index contributed by atoms with van der Waals surface area (Å²) in [6.07, 6.45) is 0. The van der Waals surface area contributed by atoms with Crippen molar-refractivity contribution in [3.63, 3.8) is 0 Å². The van der Waals surface area contributed by atoms with Crippen molar-refractivity contribution < 1.29 is 14.4 Å². The van der Waals surface area contributed by atoms with Crippen LogP contribution in [-0.4, -0.2) is 23.1 Å². The van der Waals surface area contributed by atoms with Crippen LogP contribution < -0.4 is 10.3 Å². The first kappa shape index (κ1) is 13.9. The molecule has 7 heteroatoms. The Morgan fingerprint density at radius 2 is 1.95 bits per heavy atom. The molecule has 1 heterocycles. The SMILES string of the molecule is CCN(CC)c1cc(=O)c2cc([N+](=O)[O-])c(O)cc2o1. The molecule has 0 spiro atoms. The van der Waals surface area contributed by atoms with Gasteiger partial charge in [-0.2, -0.15) is 0 Å². The van der Waals surface area contributed by atoms with Crippen molar-refractivity contribution in [3.05, 3.63) is 38.5 Å². The van der Waals surface area contributed by atoms with Gasteiger partial charge in [0.25, 0.3) is 0 Å². The highest BCUT2D eigenvalue weighted by molar-refractivity contribution is 5.82. The molecule has 1 N–H and O–H groups in total. The van der Waals surface area contributed by atoms with Crippen LogP contribution in [0.2, 0.25) is 0 Å². The number of hydrogen-bond donors (Lipinski definition) is 1. The molecule has 0 aliphatic rings. The molecule has 1 aromatic carbocycles. The van der Waals surface area contributed by atoms with E-state index in [0.717, 1.165) is 12.1 Å². The maximum Gasteiger partial charge on any atom is 0.311 e. The summed E-state index contributed by atoms with van der Waals surface area (Å²) in [6, 6.07) is 3.43. The second-order valence-corrected chi connectivity index (χ2v) is 4.22. The van der Waals surface area contributed by atoms with Crippen molar-refractivity contribution in [3.8, 4) is 5.75 Å². The molecule has 0 saturated carbocycles. The van der Waals surface area contributed by atoms with E-state index < -0.39 is 16.4 Å². The molecule has 20 heavy (non-hydrogen) atoms. The van der Waals surface area contributed by atoms with Gasteiger partial charge >= 0.3 is 5.69 Å². The highest BCUT2D eigenvalue weighted by Crippen LogP contribution is 2.31. The summed E-state index contributed by atoms with van der Waals surface area (Å²) in [5.74, 6) is -0.150. The normalized spacial score (nSPS) is 10.7. The van der Waals surface area contributed by atoms with Crippen molar-refractivity contribution >= 4 is 22.5 Å². The second-order valence-electron chi connectivity index (χ2n) is 4.22. The molecule has 0 bridgehead atoms. The molecular formula is C13H14N2O5. The molecule has 0 saturated heterocycles. The van der Waals surface area contributed by atoms with Crippen LogP contribution in [0.5, 0.6) is 5.75 Å². The predicted octanol–water partition coefficient (Wildman–Crippen LogP) is 2.25. The molecule has 2 aromatic rings. The number of benzene rings is 1. The van der Waals surface area contributed by atoms with Gasteiger partial charge in [0.05, 0.1) is 10.3 Å². The van der Waals surface area contributed by atoms with Gasteiger partial charge in [-0.15, -0.1) is 0 Å². The second kappa shape index (κ2) is 5.20. The summed E-state index contributed by atoms with van der Waals surface area (Å²) >= 11 is 0. The van der Waals surface area contributed by atoms with E-state index in [4.69, 9.17) is 4.42 Å². The van der Waals surface area contributed by atoms with Crippen LogP contribution in [0.1, 0.15) is 13.8 Å². The average molecular weight is 278 g/mol. The minimum absolute atomic E-state index is 0.0745. The standard InChI is InChI=1S/C13H14N2O5/c1-3-14(4-2)13-7-10(16)8-5-9(15(18)19)11(17)6-12(8)20-13/h5-7,17H,3-4H2,1-2H3. The van der Waals surface area contributed by atoms with Crippen molar-refractivity contribution in [1.29, 1.82) is 0 Å². The molecule has 0 radical (unpaired) electrons. The van der Waals surface area contributed by atoms with Gasteiger partial charge < -0.3 is 14.4 Å². The first-order chi connectivity index (χ1) is 9.47. The highest BCUT2D eigenvalue weighted by Gasteiger charge is 2.18. The summed E-state index contributed by atoms with van der Waals surface area (Å²) in [4.78, 5) is 23.9. The lowest BCUT2D eigenvalue weighted by molar-refractivity contribution is -0.385. The zero-order chi connectivity index (χ0) is 14.9. The number of phenolic OH excluding ortho intramolecular Hbond substituents is 1. The number of anilines is 1. The summed E-state index contributed by atoms with van der Waals surface area (Å²) in [5, 5.41) is 20.4. The lowest BCUT2D eigenvalue weighted by atomic mass is 10.2. The zero-order valence-corrected chi connectivity index (χ0v) is 11.1. The van der Waals surface area contributed by atoms with E-state index in [9.17, 15) is 20.0 Å². The van der Waals surface area contributed by atoms with Gasteiger partial charge in [0.2, 0.25) is 0 Å². The molecule has 7 nitrogen and oxygen atoms in total. The Morgan fingerprint density at radius 3 is 2.50 bits per heavy atom. The highest BCUT2D eigenvalue weighted by atomic mass is 16.6. The molecule has 0 atom stereocenters. The van der Waals surface area contributed by atoms with Gasteiger partial charge in [-0.05, 0) is 13.8 Å². The fourth-order valence-electron chi connectivity index (χ4n) is 2.00. The summed E-state index contributed by atoms with van der Waals surface area (Å²) in [7, 11) is 0. The summed E-state index contributed by atoms with van der Waals surface area (Å²) in [5.41, 5.74) is -0.765. The lowest BCUT2D eigenvalue weighted by Gasteiger charge is -2.18. The van der Waals surface area contributed by atoms with E-state index in [1.807, 2.05) is 18.7 Å². The molecule has 106 valence electrons. The summed E-state index contributed by atoms with van der Waals surface area (Å²) in [6.45, 7) is 5.15. The van der Waals surface area contributed by atoms with Crippen molar-refractivity contribution in [1.82, 2.24) is 0 Å². The Labute approximate surface area is 114 Å². The molecule has 1 aromatic heterocycles. The third-order valence-electron chi connectivity index (χ3n) is 3.08. The van der Waals surface area contributed by atoms with Crippen molar-refractivity contribution in [2.75, 3.05) is 18.0 Å². The van der Waals surface area contributed by atoms with Crippen molar-refractivity contribution in [2.45, 2.75) is 13.8 Å². The maximum absolute atomic E-state index is 12.0. The van der Waals surface area contributed by atoms with E-state index in [2.05, 4.69) is 0 Å². The number of fused-ring (bicyclic) bond motifs is 1. The Morgan fingerprint density at radius 1 is 1.30 bits per heavy atom. The Kier molecular flexibility index (Phi) is 3.60. The topological polar surface area (TPSA) is 96.8 Å². The molecule has 0 amide bonds. The number of hydrogen-bond acceptors (Lipinski definition) is 6. The van der Waals surface area contributed by atoms with Gasteiger partial charge in [0.1, 0.15) is 5.58 Å². The first-order valence-electron chi connectivity index (χ1n) is 6.18. The predicted molar refractivity (Wildman–Crippen MR) is 74.4 cm³/mol. The Hall–Kier alpha value is -2.57. The number of nitrogens with zero attached hydrogens (tertiary/aromatic N) is 2. The summed E-state index contributed by atoms with van der Waals surface area (Å²) < 4.78 is 5.55. The largest absolute Gasteiger partial charge is 0.502 e. The zero-order valence-electron chi connectivity index (χ0n) is 11.1. The quantitative estimate of drug-likeness (QED) is 0.680. The van der Waals surface area contributed by atoms with Crippen LogP contribution in [0.4, 0.5) is 11.6 Å². The van der Waals surface area contributed by atoms with Crippen molar-refractivity contribution in [2.24, 2.45) is 0 Å². The van der Waals surface area contributed by atoms with Crippen LogP contribution in [-0.2, 0) is 0 Å². The van der Waals surface area contributed by atoms with Crippen LogP contribution in [0.3, 0.4) is 0 Å². The number of rotatable bonds is 4. The number of nitro groups is 1. The lowest BCUT2D eigenvalue weighted by Crippen LogP contribution is -2.23. The van der Waals surface area contributed by atoms with E-state index in [0.29, 0.717) is 19.0 Å². The maximum atomic E-state index is 12.0. The van der Waals surface area contributed by atoms with E-state index >= 15 is 0 Å². The van der Waals surface area contributed by atoms with Crippen LogP contribution in [0, 0.1) is 10.1 Å². The Balaban J connectivity index is 2.70. The van der Waals surface area contributed by atoms with Gasteiger partial charge in [-0.3, -0.25) is 14.9 Å². The van der Waals surface area contributed by atoms with Gasteiger partial charge in [-0.1, -0.05) is 0 Å². The third-order valence-corrected chi connectivity index (χ3v) is 3.08. The van der Waals surface area contributed by atoms with Crippen LogP contribution in [0.25, 0.3) is 11.0 Å². The smallest absolute Gasteiger partial charge is 0.311 e. The molecule has 2 rings (SSSR count). The molecular weight excluding hydrogens is 264 g/mol. The van der Waals surface area contributed by atoms with E-state index in [1.54, 1.807) is 0 Å². The Bertz CT molecular complexity index is 719. The van der Waals surface area contributed by atoms with Gasteiger partial charge in [0, 0.05) is 31.3 Å². The number of phenols is 1. The molecule has 0 aliphatic carbocycles. The molecule has 0 fully saturated rings.